The monoisotopic (exact) mass is 396 g/mol. The molecule has 0 aliphatic carbocycles. The van der Waals surface area contributed by atoms with Crippen LogP contribution >= 0.6 is 0 Å². The Morgan fingerprint density at radius 3 is 2.62 bits per heavy atom. The highest BCUT2D eigenvalue weighted by atomic mass is 16.5. The summed E-state index contributed by atoms with van der Waals surface area (Å²) in [5.74, 6) is 2.18. The van der Waals surface area contributed by atoms with Gasteiger partial charge in [0.1, 0.15) is 5.76 Å². The number of hydrogen-bond acceptors (Lipinski definition) is 8. The van der Waals surface area contributed by atoms with Gasteiger partial charge in [-0.2, -0.15) is 0 Å². The second kappa shape index (κ2) is 8.54. The quantitative estimate of drug-likeness (QED) is 0.676. The van der Waals surface area contributed by atoms with Gasteiger partial charge in [-0.3, -0.25) is 14.6 Å². The standard InChI is InChI=1S/C20H24N6O3/c1-14-4-3-5-16(10-14)20-23-22-19(28-20)13-26-8-6-25(7-9-26)12-18(27)21-17-11-15(2)29-24-17/h3-5,10-11H,6-9,12-13H2,1-2H3,(H,21,24,27). The summed E-state index contributed by atoms with van der Waals surface area (Å²) < 4.78 is 10.8. The van der Waals surface area contributed by atoms with Crippen LogP contribution in [0.4, 0.5) is 5.82 Å². The Morgan fingerprint density at radius 2 is 1.90 bits per heavy atom. The van der Waals surface area contributed by atoms with Crippen molar-refractivity contribution in [1.82, 2.24) is 25.2 Å². The molecular weight excluding hydrogens is 372 g/mol. The van der Waals surface area contributed by atoms with E-state index in [9.17, 15) is 4.79 Å². The number of piperazine rings is 1. The van der Waals surface area contributed by atoms with Crippen molar-refractivity contribution in [3.63, 3.8) is 0 Å². The van der Waals surface area contributed by atoms with E-state index in [1.54, 1.807) is 13.0 Å². The van der Waals surface area contributed by atoms with Crippen molar-refractivity contribution >= 4 is 11.7 Å². The van der Waals surface area contributed by atoms with Crippen LogP contribution in [0.1, 0.15) is 17.2 Å². The molecule has 1 N–H and O–H groups in total. The number of amides is 1. The highest BCUT2D eigenvalue weighted by Crippen LogP contribution is 2.19. The first kappa shape index (κ1) is 19.3. The third-order valence-electron chi connectivity index (χ3n) is 4.82. The minimum atomic E-state index is -0.0913. The Bertz CT molecular complexity index is 974. The van der Waals surface area contributed by atoms with E-state index in [1.807, 2.05) is 31.2 Å². The summed E-state index contributed by atoms with van der Waals surface area (Å²) in [7, 11) is 0. The van der Waals surface area contributed by atoms with Crippen molar-refractivity contribution in [3.05, 3.63) is 47.5 Å². The van der Waals surface area contributed by atoms with E-state index in [1.165, 1.54) is 0 Å². The van der Waals surface area contributed by atoms with E-state index in [-0.39, 0.29) is 5.91 Å². The lowest BCUT2D eigenvalue weighted by Crippen LogP contribution is -2.48. The summed E-state index contributed by atoms with van der Waals surface area (Å²) in [5, 5.41) is 14.9. The van der Waals surface area contributed by atoms with Crippen LogP contribution in [0.3, 0.4) is 0 Å². The predicted octanol–water partition coefficient (Wildman–Crippen LogP) is 2.10. The van der Waals surface area contributed by atoms with Gasteiger partial charge in [-0.1, -0.05) is 22.9 Å². The summed E-state index contributed by atoms with van der Waals surface area (Å²) in [6, 6.07) is 9.71. The number of aryl methyl sites for hydroxylation is 2. The summed E-state index contributed by atoms with van der Waals surface area (Å²) in [6.45, 7) is 8.02. The largest absolute Gasteiger partial charge is 0.419 e. The second-order valence-corrected chi connectivity index (χ2v) is 7.29. The SMILES string of the molecule is Cc1cccc(-c2nnc(CN3CCN(CC(=O)Nc4cc(C)on4)CC3)o2)c1. The number of aromatic nitrogens is 3. The Hall–Kier alpha value is -3.04. The van der Waals surface area contributed by atoms with Gasteiger partial charge in [-0.15, -0.1) is 10.2 Å². The van der Waals surface area contributed by atoms with Gasteiger partial charge >= 0.3 is 0 Å². The fraction of sp³-hybridized carbons (Fsp3) is 0.400. The van der Waals surface area contributed by atoms with Crippen molar-refractivity contribution in [2.24, 2.45) is 0 Å². The Balaban J connectivity index is 1.24. The van der Waals surface area contributed by atoms with Crippen molar-refractivity contribution in [1.29, 1.82) is 0 Å². The molecule has 0 atom stereocenters. The van der Waals surface area contributed by atoms with Crippen LogP contribution in [0, 0.1) is 13.8 Å². The molecule has 3 heterocycles. The first-order valence-corrected chi connectivity index (χ1v) is 9.62. The Labute approximate surface area is 168 Å². The first-order chi connectivity index (χ1) is 14.0. The average molecular weight is 396 g/mol. The molecule has 1 saturated heterocycles. The molecule has 0 unspecified atom stereocenters. The van der Waals surface area contributed by atoms with E-state index in [2.05, 4.69) is 30.5 Å². The Kier molecular flexibility index (Phi) is 5.68. The van der Waals surface area contributed by atoms with Gasteiger partial charge < -0.3 is 14.3 Å². The molecule has 9 heteroatoms. The maximum absolute atomic E-state index is 12.1. The maximum atomic E-state index is 12.1. The lowest BCUT2D eigenvalue weighted by Gasteiger charge is -2.33. The van der Waals surface area contributed by atoms with Gasteiger partial charge in [0.15, 0.2) is 5.82 Å². The molecule has 1 fully saturated rings. The van der Waals surface area contributed by atoms with Gasteiger partial charge in [0.05, 0.1) is 13.1 Å². The molecule has 1 aliphatic heterocycles. The number of benzene rings is 1. The van der Waals surface area contributed by atoms with Gasteiger partial charge in [0.25, 0.3) is 0 Å². The fourth-order valence-electron chi connectivity index (χ4n) is 3.32. The number of rotatable bonds is 6. The number of carbonyl (C=O) groups excluding carboxylic acids is 1. The van der Waals surface area contributed by atoms with E-state index in [0.29, 0.717) is 36.4 Å². The van der Waals surface area contributed by atoms with Gasteiger partial charge in [-0.25, -0.2) is 0 Å². The van der Waals surface area contributed by atoms with Crippen LogP contribution in [0.25, 0.3) is 11.5 Å². The van der Waals surface area contributed by atoms with Crippen molar-refractivity contribution in [2.45, 2.75) is 20.4 Å². The second-order valence-electron chi connectivity index (χ2n) is 7.29. The molecule has 0 bridgehead atoms. The average Bonchev–Trinajstić information content (AvgIpc) is 3.32. The number of anilines is 1. The smallest absolute Gasteiger partial charge is 0.247 e. The molecule has 1 aromatic carbocycles. The molecule has 0 spiro atoms. The molecule has 1 amide bonds. The van der Waals surface area contributed by atoms with Crippen LogP contribution < -0.4 is 5.32 Å². The van der Waals surface area contributed by atoms with E-state index >= 15 is 0 Å². The number of nitrogens with zero attached hydrogens (tertiary/aromatic N) is 5. The van der Waals surface area contributed by atoms with Crippen LogP contribution in [0.5, 0.6) is 0 Å². The summed E-state index contributed by atoms with van der Waals surface area (Å²) in [6.07, 6.45) is 0. The molecule has 4 rings (SSSR count). The third kappa shape index (κ3) is 5.07. The van der Waals surface area contributed by atoms with E-state index in [0.717, 1.165) is 37.3 Å². The third-order valence-corrected chi connectivity index (χ3v) is 4.82. The van der Waals surface area contributed by atoms with E-state index in [4.69, 9.17) is 8.94 Å². The summed E-state index contributed by atoms with van der Waals surface area (Å²) in [4.78, 5) is 16.5. The van der Waals surface area contributed by atoms with Crippen LogP contribution in [0.15, 0.2) is 39.3 Å². The number of carbonyl (C=O) groups is 1. The highest BCUT2D eigenvalue weighted by molar-refractivity contribution is 5.91. The van der Waals surface area contributed by atoms with Crippen LogP contribution in [-0.4, -0.2) is 63.8 Å². The summed E-state index contributed by atoms with van der Waals surface area (Å²) >= 11 is 0. The van der Waals surface area contributed by atoms with Crippen LogP contribution in [-0.2, 0) is 11.3 Å². The minimum absolute atomic E-state index is 0.0913. The zero-order valence-electron chi connectivity index (χ0n) is 16.6. The van der Waals surface area contributed by atoms with Crippen molar-refractivity contribution in [3.8, 4) is 11.5 Å². The zero-order valence-corrected chi connectivity index (χ0v) is 16.6. The molecule has 0 saturated carbocycles. The van der Waals surface area contributed by atoms with E-state index < -0.39 is 0 Å². The number of nitrogens with one attached hydrogen (secondary N) is 1. The minimum Gasteiger partial charge on any atom is -0.419 e. The first-order valence-electron chi connectivity index (χ1n) is 9.62. The topological polar surface area (TPSA) is 101 Å². The van der Waals surface area contributed by atoms with Gasteiger partial charge in [0.2, 0.25) is 17.7 Å². The molecule has 0 radical (unpaired) electrons. The van der Waals surface area contributed by atoms with Gasteiger partial charge in [-0.05, 0) is 26.0 Å². The van der Waals surface area contributed by atoms with Crippen LogP contribution in [0.2, 0.25) is 0 Å². The van der Waals surface area contributed by atoms with Gasteiger partial charge in [0, 0.05) is 37.8 Å². The number of hydrogen-bond donors (Lipinski definition) is 1. The lowest BCUT2D eigenvalue weighted by atomic mass is 10.1. The van der Waals surface area contributed by atoms with Crippen molar-refractivity contribution in [2.75, 3.05) is 38.0 Å². The maximum Gasteiger partial charge on any atom is 0.247 e. The highest BCUT2D eigenvalue weighted by Gasteiger charge is 2.21. The lowest BCUT2D eigenvalue weighted by molar-refractivity contribution is -0.117. The molecule has 2 aromatic heterocycles. The van der Waals surface area contributed by atoms with Crippen molar-refractivity contribution < 1.29 is 13.7 Å². The normalized spacial score (nSPS) is 15.5. The fourth-order valence-corrected chi connectivity index (χ4v) is 3.32. The zero-order chi connectivity index (χ0) is 20.2. The molecule has 9 nitrogen and oxygen atoms in total. The molecule has 1 aliphatic rings. The molecule has 152 valence electrons. The molecular formula is C20H24N6O3. The molecule has 29 heavy (non-hydrogen) atoms. The summed E-state index contributed by atoms with van der Waals surface area (Å²) in [5.41, 5.74) is 2.09. The molecule has 3 aromatic rings. The predicted molar refractivity (Wildman–Crippen MR) is 106 cm³/mol. The Morgan fingerprint density at radius 1 is 1.10 bits per heavy atom.